The van der Waals surface area contributed by atoms with Crippen molar-refractivity contribution in [3.8, 4) is 0 Å². The van der Waals surface area contributed by atoms with E-state index in [1.807, 2.05) is 11.3 Å². The van der Waals surface area contributed by atoms with Crippen LogP contribution in [-0.2, 0) is 19.4 Å². The first kappa shape index (κ1) is 11.9. The first-order valence-corrected chi connectivity index (χ1v) is 7.40. The highest BCUT2D eigenvalue weighted by Gasteiger charge is 2.20. The molecule has 0 atom stereocenters. The van der Waals surface area contributed by atoms with E-state index in [1.54, 1.807) is 0 Å². The van der Waals surface area contributed by atoms with Crippen LogP contribution in [0.2, 0.25) is 0 Å². The van der Waals surface area contributed by atoms with Crippen LogP contribution in [-0.4, -0.2) is 6.04 Å². The SMILES string of the molecule is Cc1cc(CNC2Cc3ccccc3C2)sc1C. The van der Waals surface area contributed by atoms with Crippen LogP contribution >= 0.6 is 11.3 Å². The van der Waals surface area contributed by atoms with E-state index in [0.29, 0.717) is 6.04 Å². The van der Waals surface area contributed by atoms with Crippen molar-refractivity contribution in [1.82, 2.24) is 5.32 Å². The van der Waals surface area contributed by atoms with Crippen molar-refractivity contribution >= 4 is 11.3 Å². The number of aryl methyl sites for hydroxylation is 2. The Morgan fingerprint density at radius 3 is 2.39 bits per heavy atom. The van der Waals surface area contributed by atoms with Crippen LogP contribution in [0.1, 0.15) is 26.4 Å². The summed E-state index contributed by atoms with van der Waals surface area (Å²) in [6.07, 6.45) is 2.36. The van der Waals surface area contributed by atoms with Gasteiger partial charge in [0.15, 0.2) is 0 Å². The minimum absolute atomic E-state index is 0.616. The van der Waals surface area contributed by atoms with Crippen LogP contribution in [0.25, 0.3) is 0 Å². The summed E-state index contributed by atoms with van der Waals surface area (Å²) in [5, 5.41) is 3.70. The fraction of sp³-hybridized carbons (Fsp3) is 0.375. The Kier molecular flexibility index (Phi) is 3.23. The molecule has 3 rings (SSSR count). The van der Waals surface area contributed by atoms with Crippen LogP contribution in [0.4, 0.5) is 0 Å². The van der Waals surface area contributed by atoms with E-state index in [2.05, 4.69) is 49.5 Å². The lowest BCUT2D eigenvalue weighted by atomic mass is 10.1. The zero-order valence-corrected chi connectivity index (χ0v) is 11.8. The van der Waals surface area contributed by atoms with E-state index < -0.39 is 0 Å². The smallest absolute Gasteiger partial charge is 0.0302 e. The molecule has 0 saturated carbocycles. The lowest BCUT2D eigenvalue weighted by molar-refractivity contribution is 0.536. The standard InChI is InChI=1S/C16H19NS/c1-11-7-16(18-12(11)2)10-17-15-8-13-5-3-4-6-14(13)9-15/h3-7,15,17H,8-10H2,1-2H3. The van der Waals surface area contributed by atoms with Crippen molar-refractivity contribution in [3.05, 3.63) is 56.8 Å². The van der Waals surface area contributed by atoms with Crippen LogP contribution < -0.4 is 5.32 Å². The van der Waals surface area contributed by atoms with Crippen molar-refractivity contribution in [2.45, 2.75) is 39.3 Å². The van der Waals surface area contributed by atoms with Crippen LogP contribution in [0.15, 0.2) is 30.3 Å². The largest absolute Gasteiger partial charge is 0.308 e. The van der Waals surface area contributed by atoms with E-state index in [1.165, 1.54) is 39.3 Å². The molecule has 2 heteroatoms. The maximum absolute atomic E-state index is 3.70. The highest BCUT2D eigenvalue weighted by molar-refractivity contribution is 7.12. The van der Waals surface area contributed by atoms with Crippen molar-refractivity contribution in [2.75, 3.05) is 0 Å². The monoisotopic (exact) mass is 257 g/mol. The van der Waals surface area contributed by atoms with Gasteiger partial charge in [0.25, 0.3) is 0 Å². The quantitative estimate of drug-likeness (QED) is 0.885. The van der Waals surface area contributed by atoms with Gasteiger partial charge in [0.05, 0.1) is 0 Å². The molecule has 1 aliphatic rings. The third-order valence-corrected chi connectivity index (χ3v) is 4.99. The summed E-state index contributed by atoms with van der Waals surface area (Å²) in [6, 6.07) is 11.7. The van der Waals surface area contributed by atoms with E-state index in [0.717, 1.165) is 6.54 Å². The summed E-state index contributed by atoms with van der Waals surface area (Å²) in [6.45, 7) is 5.41. The number of benzene rings is 1. The van der Waals surface area contributed by atoms with Crippen molar-refractivity contribution in [2.24, 2.45) is 0 Å². The van der Waals surface area contributed by atoms with E-state index in [-0.39, 0.29) is 0 Å². The molecule has 1 heterocycles. The molecule has 1 aromatic heterocycles. The summed E-state index contributed by atoms with van der Waals surface area (Å²) in [7, 11) is 0. The van der Waals surface area contributed by atoms with Crippen molar-refractivity contribution in [1.29, 1.82) is 0 Å². The number of thiophene rings is 1. The minimum Gasteiger partial charge on any atom is -0.308 e. The Morgan fingerprint density at radius 2 is 1.83 bits per heavy atom. The molecular weight excluding hydrogens is 238 g/mol. The Balaban J connectivity index is 1.60. The zero-order valence-electron chi connectivity index (χ0n) is 11.0. The average Bonchev–Trinajstić information content (AvgIpc) is 2.91. The molecule has 0 aliphatic heterocycles. The number of nitrogens with one attached hydrogen (secondary N) is 1. The Hall–Kier alpha value is -1.12. The maximum Gasteiger partial charge on any atom is 0.0302 e. The topological polar surface area (TPSA) is 12.0 Å². The van der Waals surface area contributed by atoms with E-state index in [9.17, 15) is 0 Å². The highest BCUT2D eigenvalue weighted by Crippen LogP contribution is 2.24. The average molecular weight is 257 g/mol. The van der Waals surface area contributed by atoms with Gasteiger partial charge in [0.2, 0.25) is 0 Å². The van der Waals surface area contributed by atoms with Crippen LogP contribution in [0.3, 0.4) is 0 Å². The lowest BCUT2D eigenvalue weighted by Gasteiger charge is -2.10. The number of rotatable bonds is 3. The molecule has 2 aromatic rings. The van der Waals surface area contributed by atoms with Gasteiger partial charge in [0.1, 0.15) is 0 Å². The Morgan fingerprint density at radius 1 is 1.17 bits per heavy atom. The van der Waals surface area contributed by atoms with Gasteiger partial charge in [0, 0.05) is 22.3 Å². The first-order valence-electron chi connectivity index (χ1n) is 6.58. The molecule has 1 aromatic carbocycles. The van der Waals surface area contributed by atoms with Gasteiger partial charge in [-0.15, -0.1) is 11.3 Å². The van der Waals surface area contributed by atoms with E-state index >= 15 is 0 Å². The first-order chi connectivity index (χ1) is 8.72. The number of fused-ring (bicyclic) bond motifs is 1. The zero-order chi connectivity index (χ0) is 12.5. The molecule has 0 spiro atoms. The molecule has 18 heavy (non-hydrogen) atoms. The Bertz CT molecular complexity index is 511. The van der Waals surface area contributed by atoms with Gasteiger partial charge >= 0.3 is 0 Å². The summed E-state index contributed by atoms with van der Waals surface area (Å²) in [5.41, 5.74) is 4.47. The third kappa shape index (κ3) is 2.36. The lowest BCUT2D eigenvalue weighted by Crippen LogP contribution is -2.28. The summed E-state index contributed by atoms with van der Waals surface area (Å²) < 4.78 is 0. The normalized spacial score (nSPS) is 15.0. The van der Waals surface area contributed by atoms with Crippen LogP contribution in [0.5, 0.6) is 0 Å². The molecule has 0 radical (unpaired) electrons. The Labute approximate surface area is 113 Å². The molecule has 0 saturated heterocycles. The predicted molar refractivity (Wildman–Crippen MR) is 78.3 cm³/mol. The maximum atomic E-state index is 3.70. The van der Waals surface area contributed by atoms with E-state index in [4.69, 9.17) is 0 Å². The number of hydrogen-bond donors (Lipinski definition) is 1. The molecular formula is C16H19NS. The molecule has 1 N–H and O–H groups in total. The fourth-order valence-corrected chi connectivity index (χ4v) is 3.69. The second-order valence-electron chi connectivity index (χ2n) is 5.21. The molecule has 1 nitrogen and oxygen atoms in total. The number of hydrogen-bond acceptors (Lipinski definition) is 2. The van der Waals surface area contributed by atoms with Gasteiger partial charge in [-0.25, -0.2) is 0 Å². The van der Waals surface area contributed by atoms with Crippen molar-refractivity contribution < 1.29 is 0 Å². The molecule has 0 unspecified atom stereocenters. The molecule has 0 bridgehead atoms. The van der Waals surface area contributed by atoms with Gasteiger partial charge in [-0.3, -0.25) is 0 Å². The second kappa shape index (κ2) is 4.87. The summed E-state index contributed by atoms with van der Waals surface area (Å²) >= 11 is 1.92. The molecule has 0 fully saturated rings. The summed E-state index contributed by atoms with van der Waals surface area (Å²) in [5.74, 6) is 0. The van der Waals surface area contributed by atoms with Crippen molar-refractivity contribution in [3.63, 3.8) is 0 Å². The second-order valence-corrected chi connectivity index (χ2v) is 6.55. The van der Waals surface area contributed by atoms with Gasteiger partial charge in [-0.05, 0) is 49.4 Å². The minimum atomic E-state index is 0.616. The van der Waals surface area contributed by atoms with Gasteiger partial charge in [-0.1, -0.05) is 24.3 Å². The highest BCUT2D eigenvalue weighted by atomic mass is 32.1. The molecule has 94 valence electrons. The predicted octanol–water partition coefficient (Wildman–Crippen LogP) is 3.62. The van der Waals surface area contributed by atoms with Gasteiger partial charge < -0.3 is 5.32 Å². The fourth-order valence-electron chi connectivity index (χ4n) is 2.68. The molecule has 0 amide bonds. The summed E-state index contributed by atoms with van der Waals surface area (Å²) in [4.78, 5) is 2.91. The van der Waals surface area contributed by atoms with Gasteiger partial charge in [-0.2, -0.15) is 0 Å². The van der Waals surface area contributed by atoms with Crippen LogP contribution in [0, 0.1) is 13.8 Å². The molecule has 1 aliphatic carbocycles. The third-order valence-electron chi connectivity index (χ3n) is 3.83.